The van der Waals surface area contributed by atoms with Crippen LogP contribution in [-0.4, -0.2) is 48.7 Å². The minimum atomic E-state index is -1.26. The smallest absolute Gasteiger partial charge is 0.291 e. The SMILES string of the molecule is COc1ccc(C(=O)C2C(=O)C(=O)N(Cc3cccnc3)C2c2cc(OC)ccc2OC)c(C)c1. The van der Waals surface area contributed by atoms with Gasteiger partial charge in [-0.15, -0.1) is 0 Å². The highest BCUT2D eigenvalue weighted by atomic mass is 16.5. The Kier molecular flexibility index (Phi) is 6.82. The standard InChI is InChI=1S/C27H26N2O6/c1-16-12-18(33-2)7-9-20(16)25(30)23-24(21-13-19(34-3)8-10-22(21)35-4)29(27(32)26(23)31)15-17-6-5-11-28-14-17/h5-14,23-24H,15H2,1-4H3. The average molecular weight is 475 g/mol. The molecule has 2 heterocycles. The first kappa shape index (κ1) is 23.9. The van der Waals surface area contributed by atoms with E-state index in [4.69, 9.17) is 14.2 Å². The fourth-order valence-corrected chi connectivity index (χ4v) is 4.47. The zero-order valence-electron chi connectivity index (χ0n) is 20.0. The Morgan fingerprint density at radius 1 is 0.971 bits per heavy atom. The molecular weight excluding hydrogens is 448 g/mol. The molecule has 2 atom stereocenters. The highest BCUT2D eigenvalue weighted by Gasteiger charge is 2.52. The van der Waals surface area contributed by atoms with Gasteiger partial charge in [-0.1, -0.05) is 6.07 Å². The molecule has 2 unspecified atom stereocenters. The van der Waals surface area contributed by atoms with E-state index < -0.39 is 29.4 Å². The van der Waals surface area contributed by atoms with Gasteiger partial charge < -0.3 is 19.1 Å². The van der Waals surface area contributed by atoms with Crippen molar-refractivity contribution in [1.29, 1.82) is 0 Å². The number of aromatic nitrogens is 1. The third kappa shape index (κ3) is 4.47. The van der Waals surface area contributed by atoms with Crippen LogP contribution in [0.3, 0.4) is 0 Å². The summed E-state index contributed by atoms with van der Waals surface area (Å²) in [6, 6.07) is 12.8. The summed E-state index contributed by atoms with van der Waals surface area (Å²) in [6.07, 6.45) is 3.25. The van der Waals surface area contributed by atoms with Crippen LogP contribution in [0.5, 0.6) is 17.2 Å². The van der Waals surface area contributed by atoms with Crippen LogP contribution in [-0.2, 0) is 16.1 Å². The van der Waals surface area contributed by atoms with Crippen LogP contribution >= 0.6 is 0 Å². The van der Waals surface area contributed by atoms with E-state index in [1.807, 2.05) is 6.07 Å². The molecule has 8 nitrogen and oxygen atoms in total. The lowest BCUT2D eigenvalue weighted by Crippen LogP contribution is -2.31. The first-order chi connectivity index (χ1) is 16.9. The number of pyridine rings is 1. The van der Waals surface area contributed by atoms with Gasteiger partial charge in [0.25, 0.3) is 5.91 Å². The number of rotatable bonds is 8. The Labute approximate surface area is 203 Å². The van der Waals surface area contributed by atoms with E-state index in [2.05, 4.69) is 4.98 Å². The maximum atomic E-state index is 13.8. The van der Waals surface area contributed by atoms with Crippen molar-refractivity contribution in [3.8, 4) is 17.2 Å². The molecule has 1 aliphatic rings. The fraction of sp³-hybridized carbons (Fsp3) is 0.259. The van der Waals surface area contributed by atoms with Gasteiger partial charge >= 0.3 is 0 Å². The van der Waals surface area contributed by atoms with Crippen LogP contribution in [0.2, 0.25) is 0 Å². The topological polar surface area (TPSA) is 95.0 Å². The summed E-state index contributed by atoms with van der Waals surface area (Å²) in [6.45, 7) is 1.88. The lowest BCUT2D eigenvalue weighted by Gasteiger charge is -2.29. The number of nitrogens with zero attached hydrogens (tertiary/aromatic N) is 2. The van der Waals surface area contributed by atoms with Crippen molar-refractivity contribution in [2.24, 2.45) is 5.92 Å². The highest BCUT2D eigenvalue weighted by Crippen LogP contribution is 2.44. The minimum Gasteiger partial charge on any atom is -0.497 e. The summed E-state index contributed by atoms with van der Waals surface area (Å²) in [5.41, 5.74) is 2.25. The number of likely N-dealkylation sites (tertiary alicyclic amines) is 1. The maximum absolute atomic E-state index is 13.8. The summed E-state index contributed by atoms with van der Waals surface area (Å²) in [5.74, 6) is -1.63. The number of hydrogen-bond donors (Lipinski definition) is 0. The van der Waals surface area contributed by atoms with Crippen molar-refractivity contribution in [3.63, 3.8) is 0 Å². The summed E-state index contributed by atoms with van der Waals surface area (Å²) in [4.78, 5) is 46.0. The number of Topliss-reactive ketones (excluding diaryl/α,β-unsaturated/α-hetero) is 2. The predicted octanol–water partition coefficient (Wildman–Crippen LogP) is 3.57. The van der Waals surface area contributed by atoms with Crippen LogP contribution < -0.4 is 14.2 Å². The second-order valence-corrected chi connectivity index (χ2v) is 8.23. The van der Waals surface area contributed by atoms with Gasteiger partial charge in [0.2, 0.25) is 5.78 Å². The molecule has 0 N–H and O–H groups in total. The Hall–Kier alpha value is -4.20. The molecule has 1 amide bonds. The first-order valence-corrected chi connectivity index (χ1v) is 11.0. The molecule has 1 aliphatic heterocycles. The van der Waals surface area contributed by atoms with E-state index in [1.165, 1.54) is 26.2 Å². The molecule has 180 valence electrons. The number of amides is 1. The number of hydrogen-bond acceptors (Lipinski definition) is 7. The zero-order valence-corrected chi connectivity index (χ0v) is 20.0. The molecule has 0 saturated carbocycles. The second kappa shape index (κ2) is 9.97. The molecule has 2 aromatic carbocycles. The zero-order chi connectivity index (χ0) is 25.1. The van der Waals surface area contributed by atoms with E-state index in [9.17, 15) is 14.4 Å². The molecule has 3 aromatic rings. The van der Waals surface area contributed by atoms with Crippen LogP contribution in [0.25, 0.3) is 0 Å². The van der Waals surface area contributed by atoms with E-state index in [1.54, 1.807) is 61.8 Å². The second-order valence-electron chi connectivity index (χ2n) is 8.23. The molecule has 0 bridgehead atoms. The van der Waals surface area contributed by atoms with E-state index >= 15 is 0 Å². The Morgan fingerprint density at radius 3 is 2.31 bits per heavy atom. The summed E-state index contributed by atoms with van der Waals surface area (Å²) in [5, 5.41) is 0. The lowest BCUT2D eigenvalue weighted by molar-refractivity contribution is -0.141. The average Bonchev–Trinajstić information content (AvgIpc) is 3.13. The Balaban J connectivity index is 1.86. The number of carbonyl (C=O) groups excluding carboxylic acids is 3. The van der Waals surface area contributed by atoms with Crippen molar-refractivity contribution in [2.45, 2.75) is 19.5 Å². The quantitative estimate of drug-likeness (QED) is 0.280. The molecule has 1 aromatic heterocycles. The summed E-state index contributed by atoms with van der Waals surface area (Å²) >= 11 is 0. The van der Waals surface area contributed by atoms with Crippen molar-refractivity contribution in [1.82, 2.24) is 9.88 Å². The molecule has 4 rings (SSSR count). The molecule has 8 heteroatoms. The van der Waals surface area contributed by atoms with Gasteiger partial charge in [0.1, 0.15) is 23.2 Å². The van der Waals surface area contributed by atoms with E-state index in [0.717, 1.165) is 5.56 Å². The Morgan fingerprint density at radius 2 is 1.69 bits per heavy atom. The molecular formula is C27H26N2O6. The molecule has 1 fully saturated rings. The normalized spacial score (nSPS) is 17.4. The maximum Gasteiger partial charge on any atom is 0.291 e. The molecule has 35 heavy (non-hydrogen) atoms. The van der Waals surface area contributed by atoms with Crippen LogP contribution in [0.15, 0.2) is 60.9 Å². The molecule has 0 radical (unpaired) electrons. The number of ether oxygens (including phenoxy) is 3. The highest BCUT2D eigenvalue weighted by molar-refractivity contribution is 6.44. The third-order valence-electron chi connectivity index (χ3n) is 6.22. The number of carbonyl (C=O) groups is 3. The number of ketones is 2. The van der Waals surface area contributed by atoms with Crippen molar-refractivity contribution in [2.75, 3.05) is 21.3 Å². The van der Waals surface area contributed by atoms with Crippen LogP contribution in [0.1, 0.15) is 33.1 Å². The van der Waals surface area contributed by atoms with Gasteiger partial charge in [0.05, 0.1) is 27.4 Å². The van der Waals surface area contributed by atoms with Gasteiger partial charge in [-0.25, -0.2) is 0 Å². The summed E-state index contributed by atoms with van der Waals surface area (Å²) < 4.78 is 16.2. The monoisotopic (exact) mass is 474 g/mol. The van der Waals surface area contributed by atoms with Gasteiger partial charge in [-0.05, 0) is 60.5 Å². The van der Waals surface area contributed by atoms with E-state index in [0.29, 0.717) is 33.9 Å². The van der Waals surface area contributed by atoms with Crippen molar-refractivity contribution < 1.29 is 28.6 Å². The third-order valence-corrected chi connectivity index (χ3v) is 6.22. The minimum absolute atomic E-state index is 0.106. The predicted molar refractivity (Wildman–Crippen MR) is 128 cm³/mol. The van der Waals surface area contributed by atoms with Crippen molar-refractivity contribution in [3.05, 3.63) is 83.2 Å². The van der Waals surface area contributed by atoms with Crippen molar-refractivity contribution >= 4 is 17.5 Å². The largest absolute Gasteiger partial charge is 0.497 e. The van der Waals surface area contributed by atoms with Crippen LogP contribution in [0, 0.1) is 12.8 Å². The molecule has 0 spiro atoms. The van der Waals surface area contributed by atoms with Gasteiger partial charge in [0.15, 0.2) is 5.78 Å². The Bertz CT molecular complexity index is 1270. The first-order valence-electron chi connectivity index (χ1n) is 11.0. The fourth-order valence-electron chi connectivity index (χ4n) is 4.47. The van der Waals surface area contributed by atoms with Crippen LogP contribution in [0.4, 0.5) is 0 Å². The van der Waals surface area contributed by atoms with Gasteiger partial charge in [0, 0.05) is 30.1 Å². The number of methoxy groups -OCH3 is 3. The van der Waals surface area contributed by atoms with Gasteiger partial charge in [-0.3, -0.25) is 19.4 Å². The lowest BCUT2D eigenvalue weighted by atomic mass is 9.84. The van der Waals surface area contributed by atoms with Gasteiger partial charge in [-0.2, -0.15) is 0 Å². The summed E-state index contributed by atoms with van der Waals surface area (Å²) in [7, 11) is 4.56. The molecule has 1 saturated heterocycles. The number of benzene rings is 2. The number of aryl methyl sites for hydroxylation is 1. The van der Waals surface area contributed by atoms with E-state index in [-0.39, 0.29) is 6.54 Å². The molecule has 0 aliphatic carbocycles.